The van der Waals surface area contributed by atoms with Gasteiger partial charge in [0.15, 0.2) is 0 Å². The van der Waals surface area contributed by atoms with Crippen LogP contribution >= 0.6 is 0 Å². The molecule has 1 rings (SSSR count). The van der Waals surface area contributed by atoms with E-state index in [-0.39, 0.29) is 12.5 Å². The Labute approximate surface area is 120 Å². The SMILES string of the molecule is CCC(C)(C)C(=O)Nc1cc(C#CCO)ccc1OC. The lowest BCUT2D eigenvalue weighted by Gasteiger charge is -2.22. The van der Waals surface area contributed by atoms with Crippen LogP contribution in [-0.4, -0.2) is 24.7 Å². The van der Waals surface area contributed by atoms with Crippen molar-refractivity contribution in [2.75, 3.05) is 19.0 Å². The van der Waals surface area contributed by atoms with E-state index < -0.39 is 5.41 Å². The van der Waals surface area contributed by atoms with Gasteiger partial charge in [-0.1, -0.05) is 32.6 Å². The quantitative estimate of drug-likeness (QED) is 0.830. The first-order valence-electron chi connectivity index (χ1n) is 6.53. The molecular formula is C16H21NO3. The Hall–Kier alpha value is -1.99. The number of hydrogen-bond donors (Lipinski definition) is 2. The second-order valence-electron chi connectivity index (χ2n) is 5.07. The summed E-state index contributed by atoms with van der Waals surface area (Å²) in [6, 6.07) is 5.27. The Morgan fingerprint density at radius 1 is 1.45 bits per heavy atom. The molecule has 4 heteroatoms. The monoisotopic (exact) mass is 275 g/mol. The molecule has 0 aliphatic rings. The van der Waals surface area contributed by atoms with E-state index in [1.807, 2.05) is 20.8 Å². The van der Waals surface area contributed by atoms with Gasteiger partial charge in [0.25, 0.3) is 0 Å². The molecule has 0 aromatic heterocycles. The van der Waals surface area contributed by atoms with Crippen molar-refractivity contribution in [2.24, 2.45) is 5.41 Å². The Kier molecular flexibility index (Phi) is 5.60. The van der Waals surface area contributed by atoms with E-state index in [1.54, 1.807) is 25.3 Å². The largest absolute Gasteiger partial charge is 0.495 e. The van der Waals surface area contributed by atoms with Gasteiger partial charge in [0, 0.05) is 11.0 Å². The summed E-state index contributed by atoms with van der Waals surface area (Å²) < 4.78 is 5.24. The van der Waals surface area contributed by atoms with Crippen LogP contribution < -0.4 is 10.1 Å². The highest BCUT2D eigenvalue weighted by molar-refractivity contribution is 5.96. The molecule has 0 radical (unpaired) electrons. The summed E-state index contributed by atoms with van der Waals surface area (Å²) >= 11 is 0. The second kappa shape index (κ2) is 6.97. The predicted molar refractivity (Wildman–Crippen MR) is 79.7 cm³/mol. The summed E-state index contributed by atoms with van der Waals surface area (Å²) in [6.45, 7) is 5.56. The molecule has 0 fully saturated rings. The fourth-order valence-corrected chi connectivity index (χ4v) is 1.48. The summed E-state index contributed by atoms with van der Waals surface area (Å²) in [6.07, 6.45) is 0.741. The Morgan fingerprint density at radius 2 is 2.15 bits per heavy atom. The van der Waals surface area contributed by atoms with Crippen LogP contribution in [0.25, 0.3) is 0 Å². The number of aliphatic hydroxyl groups is 1. The molecule has 0 atom stereocenters. The van der Waals surface area contributed by atoms with Crippen LogP contribution in [0.15, 0.2) is 18.2 Å². The molecule has 0 unspecified atom stereocenters. The van der Waals surface area contributed by atoms with Gasteiger partial charge in [0.1, 0.15) is 12.4 Å². The fraction of sp³-hybridized carbons (Fsp3) is 0.438. The van der Waals surface area contributed by atoms with Gasteiger partial charge in [-0.15, -0.1) is 0 Å². The van der Waals surface area contributed by atoms with Crippen molar-refractivity contribution in [2.45, 2.75) is 27.2 Å². The molecule has 0 heterocycles. The van der Waals surface area contributed by atoms with Gasteiger partial charge in [-0.25, -0.2) is 0 Å². The molecule has 1 aromatic rings. The van der Waals surface area contributed by atoms with Crippen molar-refractivity contribution in [1.82, 2.24) is 0 Å². The molecule has 1 amide bonds. The second-order valence-corrected chi connectivity index (χ2v) is 5.07. The Balaban J connectivity index is 3.06. The van der Waals surface area contributed by atoms with Crippen LogP contribution in [0, 0.1) is 17.3 Å². The van der Waals surface area contributed by atoms with Crippen molar-refractivity contribution in [3.63, 3.8) is 0 Å². The molecule has 0 saturated heterocycles. The van der Waals surface area contributed by atoms with Crippen LogP contribution in [0.3, 0.4) is 0 Å². The highest BCUT2D eigenvalue weighted by atomic mass is 16.5. The molecule has 0 bridgehead atoms. The number of hydrogen-bond acceptors (Lipinski definition) is 3. The maximum absolute atomic E-state index is 12.2. The van der Waals surface area contributed by atoms with Gasteiger partial charge in [0.2, 0.25) is 5.91 Å². The lowest BCUT2D eigenvalue weighted by molar-refractivity contribution is -0.124. The summed E-state index contributed by atoms with van der Waals surface area (Å²) in [5, 5.41) is 11.6. The van der Waals surface area contributed by atoms with Crippen molar-refractivity contribution >= 4 is 11.6 Å². The third-order valence-electron chi connectivity index (χ3n) is 3.26. The standard InChI is InChI=1S/C16H21NO3/c1-5-16(2,3)15(19)17-13-11-12(7-6-10-18)8-9-14(13)20-4/h8-9,11,18H,5,10H2,1-4H3,(H,17,19). The van der Waals surface area contributed by atoms with Crippen LogP contribution in [0.2, 0.25) is 0 Å². The van der Waals surface area contributed by atoms with Gasteiger partial charge in [-0.3, -0.25) is 4.79 Å². The number of amides is 1. The van der Waals surface area contributed by atoms with Gasteiger partial charge in [-0.2, -0.15) is 0 Å². The normalized spacial score (nSPS) is 10.4. The summed E-state index contributed by atoms with van der Waals surface area (Å²) in [4.78, 5) is 12.2. The zero-order chi connectivity index (χ0) is 15.2. The molecule has 108 valence electrons. The number of methoxy groups -OCH3 is 1. The predicted octanol–water partition coefficient (Wildman–Crippen LogP) is 2.41. The molecule has 0 spiro atoms. The Morgan fingerprint density at radius 3 is 2.70 bits per heavy atom. The minimum absolute atomic E-state index is 0.0643. The van der Waals surface area contributed by atoms with Crippen LogP contribution in [0.1, 0.15) is 32.8 Å². The van der Waals surface area contributed by atoms with Crippen molar-refractivity contribution in [3.05, 3.63) is 23.8 Å². The lowest BCUT2D eigenvalue weighted by Crippen LogP contribution is -2.30. The van der Waals surface area contributed by atoms with Gasteiger partial charge in [-0.05, 0) is 24.6 Å². The van der Waals surface area contributed by atoms with E-state index in [2.05, 4.69) is 17.2 Å². The fourth-order valence-electron chi connectivity index (χ4n) is 1.48. The first-order valence-corrected chi connectivity index (χ1v) is 6.53. The number of rotatable bonds is 4. The molecule has 0 aliphatic heterocycles. The molecule has 20 heavy (non-hydrogen) atoms. The number of benzene rings is 1. The van der Waals surface area contributed by atoms with Crippen molar-refractivity contribution < 1.29 is 14.6 Å². The Bertz CT molecular complexity index is 538. The number of carbonyl (C=O) groups excluding carboxylic acids is 1. The van der Waals surface area contributed by atoms with Crippen molar-refractivity contribution in [1.29, 1.82) is 0 Å². The molecular weight excluding hydrogens is 254 g/mol. The third-order valence-corrected chi connectivity index (χ3v) is 3.26. The van der Waals surface area contributed by atoms with Gasteiger partial charge >= 0.3 is 0 Å². The topological polar surface area (TPSA) is 58.6 Å². The summed E-state index contributed by atoms with van der Waals surface area (Å²) in [5.41, 5.74) is 0.853. The zero-order valence-electron chi connectivity index (χ0n) is 12.4. The van der Waals surface area contributed by atoms with E-state index in [1.165, 1.54) is 0 Å². The summed E-state index contributed by atoms with van der Waals surface area (Å²) in [5.74, 6) is 5.90. The number of anilines is 1. The molecule has 2 N–H and O–H groups in total. The summed E-state index contributed by atoms with van der Waals surface area (Å²) in [7, 11) is 1.55. The highest BCUT2D eigenvalue weighted by Crippen LogP contribution is 2.28. The lowest BCUT2D eigenvalue weighted by atomic mass is 9.89. The van der Waals surface area contributed by atoms with E-state index >= 15 is 0 Å². The number of ether oxygens (including phenoxy) is 1. The van der Waals surface area contributed by atoms with E-state index in [0.29, 0.717) is 17.0 Å². The highest BCUT2D eigenvalue weighted by Gasteiger charge is 2.26. The average Bonchev–Trinajstić information content (AvgIpc) is 2.45. The average molecular weight is 275 g/mol. The van der Waals surface area contributed by atoms with Crippen LogP contribution in [0.4, 0.5) is 5.69 Å². The van der Waals surface area contributed by atoms with E-state index in [4.69, 9.17) is 9.84 Å². The van der Waals surface area contributed by atoms with Crippen molar-refractivity contribution in [3.8, 4) is 17.6 Å². The minimum atomic E-state index is -0.447. The molecule has 1 aromatic carbocycles. The van der Waals surface area contributed by atoms with Gasteiger partial charge in [0.05, 0.1) is 12.8 Å². The third kappa shape index (κ3) is 4.01. The first-order chi connectivity index (χ1) is 9.44. The van der Waals surface area contributed by atoms with Crippen LogP contribution in [0.5, 0.6) is 5.75 Å². The maximum atomic E-state index is 12.2. The van der Waals surface area contributed by atoms with Gasteiger partial charge < -0.3 is 15.2 Å². The number of nitrogens with one attached hydrogen (secondary N) is 1. The van der Waals surface area contributed by atoms with E-state index in [9.17, 15) is 4.79 Å². The van der Waals surface area contributed by atoms with Crippen LogP contribution in [-0.2, 0) is 4.79 Å². The number of carbonyl (C=O) groups is 1. The smallest absolute Gasteiger partial charge is 0.230 e. The van der Waals surface area contributed by atoms with E-state index in [0.717, 1.165) is 6.42 Å². The molecule has 0 saturated carbocycles. The first kappa shape index (κ1) is 16.1. The maximum Gasteiger partial charge on any atom is 0.230 e. The zero-order valence-corrected chi connectivity index (χ0v) is 12.4. The minimum Gasteiger partial charge on any atom is -0.495 e. The molecule has 4 nitrogen and oxygen atoms in total. The molecule has 0 aliphatic carbocycles. The number of aliphatic hydroxyl groups excluding tert-OH is 1.